The molecule has 8 heteroatoms. The van der Waals surface area contributed by atoms with Crippen LogP contribution in [-0.4, -0.2) is 52.1 Å². The first-order valence-electron chi connectivity index (χ1n) is 10.8. The average molecular weight is 466 g/mol. The van der Waals surface area contributed by atoms with E-state index in [4.69, 9.17) is 23.3 Å². The van der Waals surface area contributed by atoms with Crippen molar-refractivity contribution in [3.8, 4) is 11.5 Å². The summed E-state index contributed by atoms with van der Waals surface area (Å²) in [5.74, 6) is 1.43. The molecular formula is C24H36NO6P. The molecular weight excluding hydrogens is 429 g/mol. The minimum Gasteiger partial charge on any atom is -0.481 e. The lowest BCUT2D eigenvalue weighted by Crippen LogP contribution is -2.18. The van der Waals surface area contributed by atoms with Gasteiger partial charge in [0.05, 0.1) is 13.2 Å². The van der Waals surface area contributed by atoms with E-state index in [0.717, 1.165) is 23.3 Å². The fourth-order valence-electron chi connectivity index (χ4n) is 3.21. The van der Waals surface area contributed by atoms with E-state index in [2.05, 4.69) is 26.0 Å². The molecule has 0 aliphatic carbocycles. The van der Waals surface area contributed by atoms with Crippen LogP contribution in [0.5, 0.6) is 11.5 Å². The Hall–Kier alpha value is -1.89. The Morgan fingerprint density at radius 1 is 0.875 bits per heavy atom. The second-order valence-electron chi connectivity index (χ2n) is 7.75. The predicted octanol–water partition coefficient (Wildman–Crippen LogP) is 5.37. The van der Waals surface area contributed by atoms with Gasteiger partial charge in [-0.05, 0) is 94.7 Å². The van der Waals surface area contributed by atoms with Gasteiger partial charge in [0.2, 0.25) is 0 Å². The lowest BCUT2D eigenvalue weighted by Gasteiger charge is -2.19. The zero-order valence-corrected chi connectivity index (χ0v) is 20.9. The molecule has 0 saturated carbocycles. The molecule has 178 valence electrons. The van der Waals surface area contributed by atoms with Crippen molar-refractivity contribution >= 4 is 7.60 Å². The lowest BCUT2D eigenvalue weighted by molar-refractivity contribution is -0.0274. The van der Waals surface area contributed by atoms with Gasteiger partial charge in [-0.2, -0.15) is 0 Å². The number of hydrogen-bond acceptors (Lipinski definition) is 7. The van der Waals surface area contributed by atoms with Gasteiger partial charge in [0, 0.05) is 0 Å². The van der Waals surface area contributed by atoms with Crippen molar-refractivity contribution in [2.75, 3.05) is 47.2 Å². The molecule has 0 bridgehead atoms. The van der Waals surface area contributed by atoms with Crippen molar-refractivity contribution in [2.24, 2.45) is 0 Å². The van der Waals surface area contributed by atoms with Crippen LogP contribution in [0.4, 0.5) is 0 Å². The van der Waals surface area contributed by atoms with Crippen LogP contribution in [0.25, 0.3) is 0 Å². The van der Waals surface area contributed by atoms with Crippen molar-refractivity contribution in [1.29, 1.82) is 0 Å². The highest BCUT2D eigenvalue weighted by molar-refractivity contribution is 7.53. The van der Waals surface area contributed by atoms with Crippen LogP contribution in [0.15, 0.2) is 36.4 Å². The van der Waals surface area contributed by atoms with Gasteiger partial charge in [-0.25, -0.2) is 0 Å². The van der Waals surface area contributed by atoms with E-state index < -0.39 is 7.60 Å². The molecule has 0 aromatic heterocycles. The maximum Gasteiger partial charge on any atom is 0.367 e. The van der Waals surface area contributed by atoms with Gasteiger partial charge < -0.3 is 23.3 Å². The van der Waals surface area contributed by atoms with Crippen LogP contribution in [0.1, 0.15) is 36.1 Å². The molecule has 0 heterocycles. The van der Waals surface area contributed by atoms with Crippen molar-refractivity contribution in [1.82, 2.24) is 4.90 Å². The molecule has 0 spiro atoms. The Bertz CT molecular complexity index is 852. The molecule has 7 nitrogen and oxygen atoms in total. The van der Waals surface area contributed by atoms with E-state index in [9.17, 15) is 4.57 Å². The van der Waals surface area contributed by atoms with E-state index in [1.165, 1.54) is 11.1 Å². The van der Waals surface area contributed by atoms with Crippen LogP contribution < -0.4 is 9.47 Å². The topological polar surface area (TPSA) is 66.5 Å². The number of hydrogen-bond donors (Lipinski definition) is 0. The van der Waals surface area contributed by atoms with Gasteiger partial charge >= 0.3 is 7.60 Å². The summed E-state index contributed by atoms with van der Waals surface area (Å²) in [6.45, 7) is 9.04. The van der Waals surface area contributed by atoms with Crippen molar-refractivity contribution in [3.05, 3.63) is 58.7 Å². The van der Waals surface area contributed by atoms with Gasteiger partial charge in [-0.3, -0.25) is 9.46 Å². The molecule has 0 aliphatic heterocycles. The monoisotopic (exact) mass is 465 g/mol. The van der Waals surface area contributed by atoms with Crippen LogP contribution in [0.3, 0.4) is 0 Å². The molecule has 2 aromatic carbocycles. The molecule has 2 rings (SSSR count). The molecule has 0 atom stereocenters. The van der Waals surface area contributed by atoms with Crippen molar-refractivity contribution in [3.63, 3.8) is 0 Å². The molecule has 32 heavy (non-hydrogen) atoms. The summed E-state index contributed by atoms with van der Waals surface area (Å²) < 4.78 is 40.0. The highest BCUT2D eigenvalue weighted by Gasteiger charge is 2.25. The highest BCUT2D eigenvalue weighted by atomic mass is 31.2. The molecule has 0 saturated heterocycles. The summed E-state index contributed by atoms with van der Waals surface area (Å²) in [6, 6.07) is 12.0. The first-order chi connectivity index (χ1) is 15.3. The Labute approximate surface area is 192 Å². The second-order valence-corrected chi connectivity index (χ2v) is 9.75. The first-order valence-corrected chi connectivity index (χ1v) is 12.5. The fourth-order valence-corrected chi connectivity index (χ4v) is 4.53. The third-order valence-corrected chi connectivity index (χ3v) is 6.42. The standard InChI is InChI=1S/C24H36NO6P/c1-7-30-32(26,31-8-2)18-29-23-13-19(3)24(20(4)14-23)15-21-9-11-22(12-10-21)28-17-27-16-25(5)6/h9-14H,7-8,15-18H2,1-6H3. The molecule has 0 unspecified atom stereocenters. The highest BCUT2D eigenvalue weighted by Crippen LogP contribution is 2.48. The van der Waals surface area contributed by atoms with Crippen LogP contribution in [-0.2, 0) is 24.8 Å². The zero-order valence-electron chi connectivity index (χ0n) is 20.1. The molecule has 0 amide bonds. The maximum atomic E-state index is 12.6. The van der Waals surface area contributed by atoms with Gasteiger partial charge in [-0.15, -0.1) is 0 Å². The van der Waals surface area contributed by atoms with Gasteiger partial charge in [0.25, 0.3) is 0 Å². The summed E-state index contributed by atoms with van der Waals surface area (Å²) in [4.78, 5) is 1.93. The van der Waals surface area contributed by atoms with Crippen LogP contribution in [0.2, 0.25) is 0 Å². The van der Waals surface area contributed by atoms with E-state index >= 15 is 0 Å². The number of aryl methyl sites for hydroxylation is 2. The van der Waals surface area contributed by atoms with E-state index in [1.54, 1.807) is 13.8 Å². The van der Waals surface area contributed by atoms with E-state index in [0.29, 0.717) is 25.7 Å². The Morgan fingerprint density at radius 2 is 1.47 bits per heavy atom. The average Bonchev–Trinajstić information content (AvgIpc) is 2.74. The van der Waals surface area contributed by atoms with Crippen molar-refractivity contribution < 1.29 is 27.8 Å². The summed E-state index contributed by atoms with van der Waals surface area (Å²) in [5, 5.41) is 0. The number of nitrogens with zero attached hydrogens (tertiary/aromatic N) is 1. The summed E-state index contributed by atoms with van der Waals surface area (Å²) >= 11 is 0. The molecule has 0 fully saturated rings. The predicted molar refractivity (Wildman–Crippen MR) is 127 cm³/mol. The third-order valence-electron chi connectivity index (χ3n) is 4.67. The molecule has 0 aliphatic rings. The minimum atomic E-state index is -3.25. The van der Waals surface area contributed by atoms with Gasteiger partial charge in [0.15, 0.2) is 13.1 Å². The lowest BCUT2D eigenvalue weighted by atomic mass is 9.96. The normalized spacial score (nSPS) is 11.7. The summed E-state index contributed by atoms with van der Waals surface area (Å²) in [5.41, 5.74) is 4.64. The van der Waals surface area contributed by atoms with E-state index in [-0.39, 0.29) is 13.1 Å². The number of ether oxygens (including phenoxy) is 3. The van der Waals surface area contributed by atoms with Crippen molar-refractivity contribution in [2.45, 2.75) is 34.1 Å². The first kappa shape index (κ1) is 26.4. The second kappa shape index (κ2) is 13.0. The number of benzene rings is 2. The SMILES string of the molecule is CCOP(=O)(COc1cc(C)c(Cc2ccc(OCOCN(C)C)cc2)c(C)c1)OCC. The molecule has 2 aromatic rings. The number of rotatable bonds is 14. The van der Waals surface area contributed by atoms with E-state index in [1.807, 2.05) is 43.3 Å². The molecule has 0 radical (unpaired) electrons. The summed E-state index contributed by atoms with van der Waals surface area (Å²) in [6.07, 6.45) is 0.693. The van der Waals surface area contributed by atoms with Crippen LogP contribution >= 0.6 is 7.60 Å². The maximum absolute atomic E-state index is 12.6. The smallest absolute Gasteiger partial charge is 0.367 e. The minimum absolute atomic E-state index is 0.105. The Morgan fingerprint density at radius 3 is 2.00 bits per heavy atom. The summed E-state index contributed by atoms with van der Waals surface area (Å²) in [7, 11) is 0.637. The Kier molecular flexibility index (Phi) is 10.7. The zero-order chi connectivity index (χ0) is 23.6. The quantitative estimate of drug-likeness (QED) is 0.211. The van der Waals surface area contributed by atoms with Gasteiger partial charge in [0.1, 0.15) is 18.2 Å². The molecule has 0 N–H and O–H groups in total. The fraction of sp³-hybridized carbons (Fsp3) is 0.500. The Balaban J connectivity index is 1.99. The van der Waals surface area contributed by atoms with Crippen LogP contribution in [0, 0.1) is 13.8 Å². The van der Waals surface area contributed by atoms with Gasteiger partial charge in [-0.1, -0.05) is 12.1 Å². The largest absolute Gasteiger partial charge is 0.481 e. The third kappa shape index (κ3) is 8.57.